The smallest absolute Gasteiger partial charge is 0.407 e. The van der Waals surface area contributed by atoms with E-state index in [1.807, 2.05) is 92.6 Å². The predicted octanol–water partition coefficient (Wildman–Crippen LogP) is 7.45. The molecule has 0 heterocycles. The fourth-order valence-electron chi connectivity index (χ4n) is 8.71. The number of carbonyl (C=O) groups excluding carboxylic acids is 9. The fourth-order valence-corrected chi connectivity index (χ4v) is 8.71. The summed E-state index contributed by atoms with van der Waals surface area (Å²) in [5.74, 6) is -3.62. The maximum absolute atomic E-state index is 12.3. The molecule has 0 bridgehead atoms. The average Bonchev–Trinajstić information content (AvgIpc) is 0.838. The van der Waals surface area contributed by atoms with Crippen LogP contribution < -0.4 is 43.4 Å². The molecule has 0 unspecified atom stereocenters. The van der Waals surface area contributed by atoms with E-state index in [-0.39, 0.29) is 68.1 Å². The molecule has 29 nitrogen and oxygen atoms in total. The summed E-state index contributed by atoms with van der Waals surface area (Å²) in [6.07, 6.45) is 2.30. The molecule has 0 aliphatic rings. The van der Waals surface area contributed by atoms with Gasteiger partial charge >= 0.3 is 59.9 Å². The molecular weight excluding hydrogens is 1290 g/mol. The highest BCUT2D eigenvalue weighted by Crippen LogP contribution is 2.17. The molecular formula is C70H124N8O21. The topological polar surface area (TPSA) is 426 Å². The van der Waals surface area contributed by atoms with Crippen LogP contribution in [0.4, 0.5) is 9.59 Å². The summed E-state index contributed by atoms with van der Waals surface area (Å²) < 4.78 is 38.1. The molecule has 0 fully saturated rings. The summed E-state index contributed by atoms with van der Waals surface area (Å²) in [6, 6.07) is 7.83. The Hall–Kier alpha value is -7.73. The van der Waals surface area contributed by atoms with Gasteiger partial charge in [-0.3, -0.25) is 59.1 Å². The zero-order valence-corrected chi connectivity index (χ0v) is 63.3. The van der Waals surface area contributed by atoms with Crippen molar-refractivity contribution in [1.82, 2.24) is 31.9 Å². The van der Waals surface area contributed by atoms with Gasteiger partial charge in [-0.25, -0.2) is 9.59 Å². The Morgan fingerprint density at radius 2 is 0.768 bits per heavy atom. The summed E-state index contributed by atoms with van der Waals surface area (Å²) in [4.78, 5) is 127. The highest BCUT2D eigenvalue weighted by Gasteiger charge is 2.31. The molecule has 0 aliphatic carbocycles. The molecule has 3 amide bonds. The van der Waals surface area contributed by atoms with Gasteiger partial charge in [0.25, 0.3) is 5.91 Å². The zero-order chi connectivity index (χ0) is 77.3. The van der Waals surface area contributed by atoms with Crippen molar-refractivity contribution in [2.45, 2.75) is 223 Å². The third-order valence-electron chi connectivity index (χ3n) is 13.2. The van der Waals surface area contributed by atoms with Gasteiger partial charge in [-0.15, -0.1) is 0 Å². The highest BCUT2D eigenvalue weighted by atomic mass is 16.6. The minimum Gasteiger partial charge on any atom is -0.480 e. The second-order valence-electron chi connectivity index (χ2n) is 26.3. The Balaban J connectivity index is -0.000000587. The number of benzene rings is 2. The Morgan fingerprint density at radius 3 is 1.14 bits per heavy atom. The largest absolute Gasteiger partial charge is 0.480 e. The molecule has 0 aromatic heterocycles. The van der Waals surface area contributed by atoms with Crippen LogP contribution in [0.5, 0.6) is 0 Å². The molecule has 29 heteroatoms. The third-order valence-corrected chi connectivity index (χ3v) is 13.2. The Bertz CT molecular complexity index is 2680. The van der Waals surface area contributed by atoms with Crippen LogP contribution >= 0.6 is 0 Å². The second-order valence-corrected chi connectivity index (χ2v) is 26.3. The van der Waals surface area contributed by atoms with Gasteiger partial charge in [-0.05, 0) is 146 Å². The molecule has 570 valence electrons. The number of ether oxygens (including phenoxy) is 8. The van der Waals surface area contributed by atoms with E-state index in [1.165, 1.54) is 42.7 Å². The van der Waals surface area contributed by atoms with Crippen molar-refractivity contribution in [1.29, 1.82) is 0 Å². The van der Waals surface area contributed by atoms with E-state index in [2.05, 4.69) is 60.0 Å². The number of fused-ring (bicyclic) bond motifs is 1. The minimum atomic E-state index is -1.14. The Morgan fingerprint density at radius 1 is 0.424 bits per heavy atom. The maximum Gasteiger partial charge on any atom is 0.407 e. The number of aliphatic carboxylic acids is 2. The number of carbonyl (C=O) groups is 11. The molecule has 12 N–H and O–H groups in total. The number of esters is 6. The molecule has 2 aromatic carbocycles. The van der Waals surface area contributed by atoms with Crippen molar-refractivity contribution in [3.63, 3.8) is 0 Å². The Labute approximate surface area is 587 Å². The number of methoxy groups -OCH3 is 6. The summed E-state index contributed by atoms with van der Waals surface area (Å²) in [7, 11) is 7.90. The molecule has 0 saturated carbocycles. The monoisotopic (exact) mass is 1410 g/mol. The van der Waals surface area contributed by atoms with Gasteiger partial charge in [0.15, 0.2) is 0 Å². The number of alkyl carbamates (subject to hydrolysis) is 2. The van der Waals surface area contributed by atoms with Crippen LogP contribution in [0.15, 0.2) is 42.5 Å². The number of carboxylic acid groups (broad SMARTS) is 2. The van der Waals surface area contributed by atoms with Crippen molar-refractivity contribution in [3.05, 3.63) is 48.0 Å². The van der Waals surface area contributed by atoms with Crippen LogP contribution in [0.2, 0.25) is 0 Å². The van der Waals surface area contributed by atoms with Gasteiger partial charge in [-0.2, -0.15) is 0 Å². The van der Waals surface area contributed by atoms with E-state index in [4.69, 9.17) is 35.2 Å². The number of carboxylic acids is 2. The summed E-state index contributed by atoms with van der Waals surface area (Å²) in [5.41, 5.74) is 10.3. The first-order valence-electron chi connectivity index (χ1n) is 33.4. The van der Waals surface area contributed by atoms with Crippen molar-refractivity contribution in [3.8, 4) is 0 Å². The summed E-state index contributed by atoms with van der Waals surface area (Å²) in [5, 5.41) is 37.0. The number of hydrogen-bond acceptors (Lipinski definition) is 24. The van der Waals surface area contributed by atoms with Gasteiger partial charge in [-0.1, -0.05) is 106 Å². The first kappa shape index (κ1) is 97.7. The van der Waals surface area contributed by atoms with Crippen LogP contribution in [0.1, 0.15) is 179 Å². The molecule has 0 radical (unpaired) electrons. The molecule has 2 aromatic rings. The van der Waals surface area contributed by atoms with E-state index >= 15 is 0 Å². The molecule has 8 atom stereocenters. The summed E-state index contributed by atoms with van der Waals surface area (Å²) >= 11 is 0. The number of nitrogens with one attached hydrogen (secondary N) is 6. The molecule has 0 saturated heterocycles. The summed E-state index contributed by atoms with van der Waals surface area (Å²) in [6.45, 7) is 33.3. The van der Waals surface area contributed by atoms with E-state index < -0.39 is 101 Å². The van der Waals surface area contributed by atoms with Crippen molar-refractivity contribution in [2.75, 3.05) is 68.8 Å². The molecule has 0 aliphatic heterocycles. The maximum atomic E-state index is 12.3. The standard InChI is InChI=1S/C21H26N2O5.C17H32N2O6.C12H24N2O4.C10H20N2O4.C8H16O2.C2H6/c1-13(2)11-18(21(27)28)23-17(20(25)26)9-10-22-19(24)16-8-7-14-5-3-4-6-15(14)12-16;1-11(2)10-13(15(21)24-7)19-12(14(20)23-6)8-9-18-16(22)25-17(3,4)5;1-8(2)7-10(12(16)18-4)14-9(5-6-13)11(15)17-3;1-10(2,3)16-9(14)12-6-5-7(11)8(13)15-4;1-6(2)5-7(3)8(9)10-4;1-2/h3-8,12-13,17-18,23H,9-11H2,1-2H3,(H,22,24)(H,25,26)(H,27,28);11-13,19H,8-10H2,1-7H3,(H,18,22);8-10,14H,5-7,13H2,1-4H3;7H,5-6,11H2,1-4H3,(H,12,14);6-7H,5H2,1-4H3;1-2H3/t17-,18-;12-,13-;9-,10-;2*7-;/m00001./s1. The van der Waals surface area contributed by atoms with E-state index in [1.54, 1.807) is 53.7 Å². The third kappa shape index (κ3) is 49.4. The number of hydrogen-bond donors (Lipinski definition) is 10. The van der Waals surface area contributed by atoms with Crippen LogP contribution in [-0.4, -0.2) is 198 Å². The van der Waals surface area contributed by atoms with Gasteiger partial charge < -0.3 is 75.5 Å². The SMILES string of the molecule is CC.CC(C)C[C@H](N[C@@H](CCNC(=O)c1ccc2ccccc2c1)C(=O)O)C(=O)O.COC(=O)[C@@H](N)CCNC(=O)OC(C)(C)C.COC(=O)[C@H](C)CC(C)C.COC(=O)[C@H](CCN)N[C@@H](CC(C)C)C(=O)OC.COC(=O)[C@H](CCNC(=O)OC(C)(C)C)N[C@@H](CC(C)C)C(=O)OC. The van der Waals surface area contributed by atoms with Crippen molar-refractivity contribution in [2.24, 2.45) is 41.1 Å². The lowest BCUT2D eigenvalue weighted by molar-refractivity contribution is -0.148. The van der Waals surface area contributed by atoms with E-state index in [0.717, 1.165) is 17.2 Å². The van der Waals surface area contributed by atoms with Gasteiger partial charge in [0.2, 0.25) is 0 Å². The molecule has 2 rings (SSSR count). The second kappa shape index (κ2) is 54.1. The number of amides is 3. The average molecular weight is 1410 g/mol. The highest BCUT2D eigenvalue weighted by molar-refractivity contribution is 5.98. The van der Waals surface area contributed by atoms with Gasteiger partial charge in [0, 0.05) is 25.2 Å². The lowest BCUT2D eigenvalue weighted by Gasteiger charge is -2.24. The van der Waals surface area contributed by atoms with E-state index in [9.17, 15) is 63.0 Å². The quantitative estimate of drug-likeness (QED) is 0.0240. The zero-order valence-electron chi connectivity index (χ0n) is 63.3. The normalized spacial score (nSPS) is 13.3. The lowest BCUT2D eigenvalue weighted by atomic mass is 9.99. The predicted molar refractivity (Wildman–Crippen MR) is 378 cm³/mol. The lowest BCUT2D eigenvalue weighted by Crippen LogP contribution is -2.49. The van der Waals surface area contributed by atoms with Crippen LogP contribution in [0.25, 0.3) is 10.8 Å². The van der Waals surface area contributed by atoms with Crippen molar-refractivity contribution < 1.29 is 101 Å². The first-order chi connectivity index (χ1) is 46.1. The van der Waals surface area contributed by atoms with Crippen molar-refractivity contribution >= 4 is 76.6 Å². The number of nitrogens with two attached hydrogens (primary N) is 2. The van der Waals surface area contributed by atoms with Gasteiger partial charge in [0.1, 0.15) is 53.5 Å². The molecule has 0 spiro atoms. The Kier molecular flexibility index (Phi) is 53.4. The van der Waals surface area contributed by atoms with Crippen LogP contribution in [0.3, 0.4) is 0 Å². The van der Waals surface area contributed by atoms with Crippen LogP contribution in [0, 0.1) is 29.6 Å². The van der Waals surface area contributed by atoms with Gasteiger partial charge in [0.05, 0.1) is 48.6 Å². The molecule has 99 heavy (non-hydrogen) atoms. The number of rotatable bonds is 34. The minimum absolute atomic E-state index is 0.0463. The van der Waals surface area contributed by atoms with E-state index in [0.29, 0.717) is 56.0 Å². The van der Waals surface area contributed by atoms with Crippen LogP contribution in [-0.2, 0) is 76.3 Å². The fraction of sp³-hybridized carbons (Fsp3) is 0.700. The first-order valence-corrected chi connectivity index (χ1v) is 33.4.